The topological polar surface area (TPSA) is 67.9 Å². The van der Waals surface area contributed by atoms with E-state index in [1.807, 2.05) is 18.2 Å². The fourth-order valence-corrected chi connectivity index (χ4v) is 2.84. The molecule has 0 fully saturated rings. The van der Waals surface area contributed by atoms with Gasteiger partial charge in [0.15, 0.2) is 18.1 Å². The van der Waals surface area contributed by atoms with Crippen LogP contribution in [0.15, 0.2) is 48.5 Å². The molecule has 0 atom stereocenters. The number of fused-ring (bicyclic) bond motifs is 1. The van der Waals surface area contributed by atoms with Crippen LogP contribution in [-0.4, -0.2) is 31.1 Å². The van der Waals surface area contributed by atoms with Gasteiger partial charge in [-0.05, 0) is 38.1 Å². The second-order valence-corrected chi connectivity index (χ2v) is 6.20. The number of nitrogens with zero attached hydrogens (tertiary/aromatic N) is 1. The zero-order valence-corrected chi connectivity index (χ0v) is 14.4. The average Bonchev–Trinajstić information content (AvgIpc) is 2.60. The van der Waals surface area contributed by atoms with E-state index in [2.05, 4.69) is 5.32 Å². The van der Waals surface area contributed by atoms with Crippen LogP contribution in [0.1, 0.15) is 13.8 Å². The van der Waals surface area contributed by atoms with Gasteiger partial charge < -0.3 is 14.8 Å². The number of para-hydroxylation sites is 4. The number of carbonyl (C=O) groups excluding carboxylic acids is 2. The van der Waals surface area contributed by atoms with Gasteiger partial charge >= 0.3 is 0 Å². The van der Waals surface area contributed by atoms with E-state index >= 15 is 0 Å². The highest BCUT2D eigenvalue weighted by Crippen LogP contribution is 2.36. The molecule has 0 bridgehead atoms. The summed E-state index contributed by atoms with van der Waals surface area (Å²) in [5.41, 5.74) is 0.244. The number of nitrogens with one attached hydrogen (secondary N) is 1. The zero-order chi connectivity index (χ0) is 18.0. The van der Waals surface area contributed by atoms with E-state index in [0.717, 1.165) is 0 Å². The smallest absolute Gasteiger partial charge is 0.265 e. The van der Waals surface area contributed by atoms with Crippen LogP contribution in [0.25, 0.3) is 0 Å². The van der Waals surface area contributed by atoms with Crippen molar-refractivity contribution in [3.05, 3.63) is 48.5 Å². The van der Waals surface area contributed by atoms with E-state index in [-0.39, 0.29) is 18.4 Å². The summed E-state index contributed by atoms with van der Waals surface area (Å²) >= 11 is 0. The third kappa shape index (κ3) is 3.03. The molecule has 25 heavy (non-hydrogen) atoms. The monoisotopic (exact) mass is 340 g/mol. The molecule has 2 amide bonds. The fraction of sp³-hybridized carbons (Fsp3) is 0.263. The molecular formula is C19H20N2O4. The van der Waals surface area contributed by atoms with Crippen molar-refractivity contribution in [3.8, 4) is 11.5 Å². The molecule has 0 aromatic heterocycles. The molecule has 1 N–H and O–H groups in total. The van der Waals surface area contributed by atoms with Crippen LogP contribution in [-0.2, 0) is 9.59 Å². The van der Waals surface area contributed by atoms with Gasteiger partial charge in [0.1, 0.15) is 5.54 Å². The van der Waals surface area contributed by atoms with Crippen LogP contribution in [0.2, 0.25) is 0 Å². The van der Waals surface area contributed by atoms with Crippen molar-refractivity contribution in [2.24, 2.45) is 0 Å². The fourth-order valence-electron chi connectivity index (χ4n) is 2.84. The van der Waals surface area contributed by atoms with Crippen LogP contribution in [0.4, 0.5) is 11.4 Å². The molecule has 1 heterocycles. The first-order valence-corrected chi connectivity index (χ1v) is 7.94. The first-order chi connectivity index (χ1) is 11.9. The lowest BCUT2D eigenvalue weighted by molar-refractivity contribution is -0.127. The maximum Gasteiger partial charge on any atom is 0.265 e. The Morgan fingerprint density at radius 2 is 1.72 bits per heavy atom. The molecule has 0 unspecified atom stereocenters. The number of methoxy groups -OCH3 is 1. The Labute approximate surface area is 146 Å². The molecular weight excluding hydrogens is 320 g/mol. The Kier molecular flexibility index (Phi) is 4.35. The molecule has 130 valence electrons. The first-order valence-electron chi connectivity index (χ1n) is 7.94. The molecule has 2 aromatic carbocycles. The van der Waals surface area contributed by atoms with Gasteiger partial charge in [-0.1, -0.05) is 24.3 Å². The Balaban J connectivity index is 1.86. The van der Waals surface area contributed by atoms with E-state index in [4.69, 9.17) is 9.47 Å². The number of hydrogen-bond acceptors (Lipinski definition) is 4. The van der Waals surface area contributed by atoms with E-state index in [0.29, 0.717) is 22.9 Å². The second-order valence-electron chi connectivity index (χ2n) is 6.20. The molecule has 0 radical (unpaired) electrons. The number of carbonyl (C=O) groups is 2. The Morgan fingerprint density at radius 1 is 1.08 bits per heavy atom. The van der Waals surface area contributed by atoms with Crippen molar-refractivity contribution in [2.75, 3.05) is 23.9 Å². The normalized spacial score (nSPS) is 15.2. The number of ether oxygens (including phenoxy) is 2. The SMILES string of the molecule is COc1ccccc1OCC(=O)N1c2ccccc2NC(=O)C1(C)C. The molecule has 0 saturated carbocycles. The van der Waals surface area contributed by atoms with Crippen LogP contribution in [0, 0.1) is 0 Å². The molecule has 1 aliphatic rings. The summed E-state index contributed by atoms with van der Waals surface area (Å²) in [6.07, 6.45) is 0. The van der Waals surface area contributed by atoms with Crippen LogP contribution < -0.4 is 19.7 Å². The van der Waals surface area contributed by atoms with Gasteiger partial charge in [-0.3, -0.25) is 14.5 Å². The van der Waals surface area contributed by atoms with Crippen molar-refractivity contribution in [1.29, 1.82) is 0 Å². The highest BCUT2D eigenvalue weighted by atomic mass is 16.5. The van der Waals surface area contributed by atoms with Crippen molar-refractivity contribution in [1.82, 2.24) is 0 Å². The minimum Gasteiger partial charge on any atom is -0.493 e. The molecule has 0 aliphatic carbocycles. The van der Waals surface area contributed by atoms with Gasteiger partial charge in [0.05, 0.1) is 18.5 Å². The van der Waals surface area contributed by atoms with Crippen molar-refractivity contribution < 1.29 is 19.1 Å². The number of amides is 2. The third-order valence-electron chi connectivity index (χ3n) is 4.18. The molecule has 3 rings (SSSR count). The summed E-state index contributed by atoms with van der Waals surface area (Å²) in [5, 5.41) is 2.83. The summed E-state index contributed by atoms with van der Waals surface area (Å²) in [6, 6.07) is 14.3. The van der Waals surface area contributed by atoms with Crippen molar-refractivity contribution in [3.63, 3.8) is 0 Å². The van der Waals surface area contributed by atoms with Gasteiger partial charge in [-0.2, -0.15) is 0 Å². The lowest BCUT2D eigenvalue weighted by atomic mass is 9.96. The van der Waals surface area contributed by atoms with Crippen molar-refractivity contribution in [2.45, 2.75) is 19.4 Å². The maximum absolute atomic E-state index is 12.9. The minimum atomic E-state index is -1.02. The van der Waals surface area contributed by atoms with Crippen LogP contribution in [0.3, 0.4) is 0 Å². The largest absolute Gasteiger partial charge is 0.493 e. The predicted molar refractivity (Wildman–Crippen MR) is 95.1 cm³/mol. The number of rotatable bonds is 4. The molecule has 1 aliphatic heterocycles. The van der Waals surface area contributed by atoms with E-state index in [1.54, 1.807) is 51.3 Å². The van der Waals surface area contributed by atoms with Crippen molar-refractivity contribution >= 4 is 23.2 Å². The summed E-state index contributed by atoms with van der Waals surface area (Å²) in [7, 11) is 1.54. The zero-order valence-electron chi connectivity index (χ0n) is 14.4. The summed E-state index contributed by atoms with van der Waals surface area (Å²) in [5.74, 6) is 0.479. The minimum absolute atomic E-state index is 0.203. The van der Waals surface area contributed by atoms with Crippen LogP contribution >= 0.6 is 0 Å². The average molecular weight is 340 g/mol. The number of benzene rings is 2. The first kappa shape index (κ1) is 16.8. The lowest BCUT2D eigenvalue weighted by Gasteiger charge is -2.41. The second kappa shape index (κ2) is 6.47. The Hall–Kier alpha value is -3.02. The standard InChI is InChI=1S/C19H20N2O4/c1-19(2)18(23)20-13-8-4-5-9-14(13)21(19)17(22)12-25-16-11-7-6-10-15(16)24-3/h4-11H,12H2,1-3H3,(H,20,23). The van der Waals surface area contributed by atoms with Gasteiger partial charge in [-0.25, -0.2) is 0 Å². The summed E-state index contributed by atoms with van der Waals surface area (Å²) in [6.45, 7) is 3.21. The van der Waals surface area contributed by atoms with Gasteiger partial charge in [-0.15, -0.1) is 0 Å². The van der Waals surface area contributed by atoms with Gasteiger partial charge in [0.2, 0.25) is 5.91 Å². The van der Waals surface area contributed by atoms with E-state index in [1.165, 1.54) is 4.90 Å². The highest BCUT2D eigenvalue weighted by Gasteiger charge is 2.43. The Bertz CT molecular complexity index is 817. The van der Waals surface area contributed by atoms with Gasteiger partial charge in [0, 0.05) is 0 Å². The van der Waals surface area contributed by atoms with Crippen LogP contribution in [0.5, 0.6) is 11.5 Å². The third-order valence-corrected chi connectivity index (χ3v) is 4.18. The molecule has 6 nitrogen and oxygen atoms in total. The molecule has 6 heteroatoms. The molecule has 0 saturated heterocycles. The molecule has 2 aromatic rings. The quantitative estimate of drug-likeness (QED) is 0.929. The van der Waals surface area contributed by atoms with E-state index < -0.39 is 5.54 Å². The highest BCUT2D eigenvalue weighted by molar-refractivity contribution is 6.14. The van der Waals surface area contributed by atoms with Gasteiger partial charge in [0.25, 0.3) is 5.91 Å². The molecule has 0 spiro atoms. The maximum atomic E-state index is 12.9. The lowest BCUT2D eigenvalue weighted by Crippen LogP contribution is -2.59. The summed E-state index contributed by atoms with van der Waals surface area (Å²) < 4.78 is 10.9. The number of anilines is 2. The predicted octanol–water partition coefficient (Wildman–Crippen LogP) is 2.84. The summed E-state index contributed by atoms with van der Waals surface area (Å²) in [4.78, 5) is 26.8. The Morgan fingerprint density at radius 3 is 2.44 bits per heavy atom. The number of hydrogen-bond donors (Lipinski definition) is 1. The van der Waals surface area contributed by atoms with E-state index in [9.17, 15) is 9.59 Å².